The van der Waals surface area contributed by atoms with Gasteiger partial charge in [0, 0.05) is 25.8 Å². The number of nitrogens with one attached hydrogen (secondary N) is 1. The van der Waals surface area contributed by atoms with E-state index in [1.54, 1.807) is 10.6 Å². The monoisotopic (exact) mass is 348 g/mol. The van der Waals surface area contributed by atoms with E-state index in [9.17, 15) is 14.7 Å². The molecule has 0 amide bonds. The summed E-state index contributed by atoms with van der Waals surface area (Å²) < 4.78 is 1.69. The van der Waals surface area contributed by atoms with Gasteiger partial charge >= 0.3 is 5.97 Å². The van der Waals surface area contributed by atoms with Crippen molar-refractivity contribution in [2.24, 2.45) is 0 Å². The molecule has 0 radical (unpaired) electrons. The van der Waals surface area contributed by atoms with Crippen molar-refractivity contribution in [1.29, 1.82) is 0 Å². The number of fused-ring (bicyclic) bond motifs is 1. The molecule has 0 aliphatic carbocycles. The molecule has 0 atom stereocenters. The molecule has 0 saturated heterocycles. The Morgan fingerprint density at radius 3 is 2.52 bits per heavy atom. The minimum Gasteiger partial charge on any atom is -0.477 e. The van der Waals surface area contributed by atoms with Crippen LogP contribution >= 0.6 is 0 Å². The highest BCUT2D eigenvalue weighted by molar-refractivity contribution is 5.92. The fraction of sp³-hybridized carbons (Fsp3) is 0.500. The van der Waals surface area contributed by atoms with Crippen molar-refractivity contribution in [2.45, 2.75) is 34.2 Å². The Morgan fingerprint density at radius 1 is 1.36 bits per heavy atom. The summed E-state index contributed by atoms with van der Waals surface area (Å²) in [7, 11) is 3.98. The lowest BCUT2D eigenvalue weighted by molar-refractivity contribution is 0.0695. The van der Waals surface area contributed by atoms with Crippen LogP contribution < -0.4 is 10.7 Å². The average molecular weight is 348 g/mol. The molecule has 2 heterocycles. The molecular weight excluding hydrogens is 320 g/mol. The Morgan fingerprint density at radius 2 is 2.00 bits per heavy atom. The van der Waals surface area contributed by atoms with E-state index in [1.807, 2.05) is 41.8 Å². The summed E-state index contributed by atoms with van der Waals surface area (Å²) in [5.74, 6) is -0.506. The van der Waals surface area contributed by atoms with E-state index >= 15 is 0 Å². The third-order valence-electron chi connectivity index (χ3n) is 3.66. The Kier molecular flexibility index (Phi) is 7.57. The molecule has 0 unspecified atom stereocenters. The van der Waals surface area contributed by atoms with Crippen LogP contribution in [0.5, 0.6) is 0 Å². The van der Waals surface area contributed by atoms with Gasteiger partial charge in [-0.2, -0.15) is 0 Å². The molecule has 25 heavy (non-hydrogen) atoms. The summed E-state index contributed by atoms with van der Waals surface area (Å²) in [6, 6.07) is 1.71. The summed E-state index contributed by atoms with van der Waals surface area (Å²) in [5.41, 5.74) is 0.598. The van der Waals surface area contributed by atoms with Crippen LogP contribution in [0, 0.1) is 6.92 Å². The summed E-state index contributed by atoms with van der Waals surface area (Å²) in [5, 5.41) is 12.8. The number of likely N-dealkylation sites (N-methyl/N-ethyl adjacent to an activating group) is 1. The molecule has 0 aromatic carbocycles. The number of aromatic carboxylic acids is 1. The Hall–Kier alpha value is -2.41. The van der Waals surface area contributed by atoms with E-state index in [0.717, 1.165) is 18.7 Å². The maximum Gasteiger partial charge on any atom is 0.341 e. The number of pyridine rings is 2. The van der Waals surface area contributed by atoms with E-state index in [4.69, 9.17) is 0 Å². The van der Waals surface area contributed by atoms with Crippen LogP contribution in [0.15, 0.2) is 17.1 Å². The second kappa shape index (κ2) is 9.17. The molecule has 0 bridgehead atoms. The average Bonchev–Trinajstić information content (AvgIpc) is 2.57. The first-order valence-electron chi connectivity index (χ1n) is 8.51. The number of rotatable bonds is 6. The van der Waals surface area contributed by atoms with Crippen LogP contribution in [-0.4, -0.2) is 52.7 Å². The lowest BCUT2D eigenvalue weighted by Gasteiger charge is -2.15. The zero-order chi connectivity index (χ0) is 19.1. The number of hydrogen-bond donors (Lipinski definition) is 2. The van der Waals surface area contributed by atoms with Gasteiger partial charge in [0.25, 0.3) is 0 Å². The molecule has 2 aromatic heterocycles. The zero-order valence-corrected chi connectivity index (χ0v) is 15.9. The fourth-order valence-electron chi connectivity index (χ4n) is 2.38. The van der Waals surface area contributed by atoms with Crippen molar-refractivity contribution in [3.63, 3.8) is 0 Å². The first-order chi connectivity index (χ1) is 11.8. The Bertz CT molecular complexity index is 797. The van der Waals surface area contributed by atoms with Gasteiger partial charge in [-0.25, -0.2) is 9.78 Å². The second-order valence-electron chi connectivity index (χ2n) is 5.72. The number of carboxylic acid groups (broad SMARTS) is 1. The number of carbonyl (C=O) groups is 1. The van der Waals surface area contributed by atoms with Gasteiger partial charge in [0.15, 0.2) is 0 Å². The van der Waals surface area contributed by atoms with E-state index in [0.29, 0.717) is 23.4 Å². The number of aryl methyl sites for hydroxylation is 2. The number of carboxylic acids is 1. The first kappa shape index (κ1) is 20.6. The van der Waals surface area contributed by atoms with Crippen molar-refractivity contribution in [3.8, 4) is 0 Å². The molecule has 0 fully saturated rings. The highest BCUT2D eigenvalue weighted by Gasteiger charge is 2.16. The van der Waals surface area contributed by atoms with Gasteiger partial charge in [0.2, 0.25) is 5.43 Å². The SMILES string of the molecule is CC.CCn1cc(C(=O)O)c(=O)c2cc(C)c(NCCN(C)C)nc21. The quantitative estimate of drug-likeness (QED) is 0.834. The largest absolute Gasteiger partial charge is 0.477 e. The van der Waals surface area contributed by atoms with Gasteiger partial charge in [-0.05, 0) is 39.6 Å². The van der Waals surface area contributed by atoms with Gasteiger partial charge < -0.3 is 19.9 Å². The molecule has 0 spiro atoms. The van der Waals surface area contributed by atoms with Crippen LogP contribution in [0.4, 0.5) is 5.82 Å². The molecule has 0 saturated carbocycles. The van der Waals surface area contributed by atoms with Gasteiger partial charge in [-0.3, -0.25) is 4.79 Å². The predicted octanol–water partition coefficient (Wildman–Crippen LogP) is 2.42. The zero-order valence-electron chi connectivity index (χ0n) is 15.9. The highest BCUT2D eigenvalue weighted by atomic mass is 16.4. The van der Waals surface area contributed by atoms with Crippen LogP contribution in [0.2, 0.25) is 0 Å². The van der Waals surface area contributed by atoms with Crippen molar-refractivity contribution >= 4 is 22.8 Å². The highest BCUT2D eigenvalue weighted by Crippen LogP contribution is 2.18. The normalized spacial score (nSPS) is 10.5. The molecule has 0 aliphatic heterocycles. The predicted molar refractivity (Wildman–Crippen MR) is 102 cm³/mol. The number of aromatic nitrogens is 2. The van der Waals surface area contributed by atoms with Crippen molar-refractivity contribution in [3.05, 3.63) is 33.6 Å². The third-order valence-corrected chi connectivity index (χ3v) is 3.66. The third kappa shape index (κ3) is 4.79. The van der Waals surface area contributed by atoms with Crippen LogP contribution in [0.1, 0.15) is 36.7 Å². The van der Waals surface area contributed by atoms with Crippen LogP contribution in [0.25, 0.3) is 11.0 Å². The summed E-state index contributed by atoms with van der Waals surface area (Å²) in [4.78, 5) is 30.2. The van der Waals surface area contributed by atoms with E-state index in [1.165, 1.54) is 6.20 Å². The molecule has 2 rings (SSSR count). The maximum absolute atomic E-state index is 12.3. The van der Waals surface area contributed by atoms with E-state index in [-0.39, 0.29) is 5.56 Å². The lowest BCUT2D eigenvalue weighted by atomic mass is 10.1. The van der Waals surface area contributed by atoms with E-state index < -0.39 is 11.4 Å². The Balaban J connectivity index is 0.00000151. The first-order valence-corrected chi connectivity index (χ1v) is 8.51. The molecule has 138 valence electrons. The summed E-state index contributed by atoms with van der Waals surface area (Å²) in [6.07, 6.45) is 1.36. The van der Waals surface area contributed by atoms with Gasteiger partial charge in [-0.15, -0.1) is 0 Å². The lowest BCUT2D eigenvalue weighted by Crippen LogP contribution is -2.22. The van der Waals surface area contributed by atoms with Gasteiger partial charge in [0.1, 0.15) is 17.0 Å². The van der Waals surface area contributed by atoms with Crippen LogP contribution in [0.3, 0.4) is 0 Å². The minimum atomic E-state index is -1.22. The smallest absolute Gasteiger partial charge is 0.341 e. The molecule has 0 aliphatic rings. The second-order valence-corrected chi connectivity index (χ2v) is 5.72. The van der Waals surface area contributed by atoms with Crippen molar-refractivity contribution < 1.29 is 9.90 Å². The van der Waals surface area contributed by atoms with Gasteiger partial charge in [0.05, 0.1) is 5.39 Å². The maximum atomic E-state index is 12.3. The standard InChI is InChI=1S/C16H22N4O3.C2H6/c1-5-20-9-12(16(22)23)13(21)11-8-10(2)14(18-15(11)20)17-6-7-19(3)4;1-2/h8-9H,5-7H2,1-4H3,(H,17,18)(H,22,23);1-2H3. The summed E-state index contributed by atoms with van der Waals surface area (Å²) in [6.45, 7) is 9.86. The van der Waals surface area contributed by atoms with Crippen molar-refractivity contribution in [2.75, 3.05) is 32.5 Å². The number of hydrogen-bond acceptors (Lipinski definition) is 5. The van der Waals surface area contributed by atoms with E-state index in [2.05, 4.69) is 15.2 Å². The molecule has 2 N–H and O–H groups in total. The number of nitrogens with zero attached hydrogens (tertiary/aromatic N) is 3. The molecule has 7 nitrogen and oxygen atoms in total. The molecule has 7 heteroatoms. The van der Waals surface area contributed by atoms with Crippen LogP contribution in [-0.2, 0) is 6.54 Å². The van der Waals surface area contributed by atoms with Gasteiger partial charge in [-0.1, -0.05) is 13.8 Å². The molecule has 2 aromatic rings. The minimum absolute atomic E-state index is 0.228. The fourth-order valence-corrected chi connectivity index (χ4v) is 2.38. The van der Waals surface area contributed by atoms with Crippen molar-refractivity contribution in [1.82, 2.24) is 14.5 Å². The topological polar surface area (TPSA) is 87.5 Å². The Labute approximate surface area is 148 Å². The number of anilines is 1. The summed E-state index contributed by atoms with van der Waals surface area (Å²) >= 11 is 0. The molecular formula is C18H28N4O3.